The fourth-order valence-electron chi connectivity index (χ4n) is 7.30. The van der Waals surface area contributed by atoms with Gasteiger partial charge in [0, 0.05) is 47.0 Å². The second-order valence-corrected chi connectivity index (χ2v) is 13.8. The summed E-state index contributed by atoms with van der Waals surface area (Å²) in [6.07, 6.45) is 6.27. The lowest BCUT2D eigenvalue weighted by Crippen LogP contribution is -2.59. The van der Waals surface area contributed by atoms with Gasteiger partial charge in [-0.25, -0.2) is 0 Å². The summed E-state index contributed by atoms with van der Waals surface area (Å²) in [4.78, 5) is 11.8. The number of hydrogen-bond acceptors (Lipinski definition) is 5. The van der Waals surface area contributed by atoms with Crippen molar-refractivity contribution in [2.24, 2.45) is 0 Å². The molecule has 0 N–H and O–H groups in total. The van der Waals surface area contributed by atoms with Crippen LogP contribution in [0.25, 0.3) is 11.3 Å². The molecule has 1 aromatic heterocycles. The molecule has 0 aliphatic carbocycles. The van der Waals surface area contributed by atoms with Crippen LogP contribution in [-0.4, -0.2) is 18.4 Å². The van der Waals surface area contributed by atoms with Crippen LogP contribution in [0.2, 0.25) is 0 Å². The van der Waals surface area contributed by atoms with Gasteiger partial charge in [-0.2, -0.15) is 0 Å². The first-order chi connectivity index (χ1) is 23.4. The third-order valence-corrected chi connectivity index (χ3v) is 9.76. The number of para-hydroxylation sites is 2. The third-order valence-electron chi connectivity index (χ3n) is 9.76. The minimum absolute atomic E-state index is 0.0163. The Kier molecular flexibility index (Phi) is 6.48. The first-order valence-corrected chi connectivity index (χ1v) is 16.6. The maximum absolute atomic E-state index is 6.71. The van der Waals surface area contributed by atoms with Crippen molar-refractivity contribution in [3.63, 3.8) is 0 Å². The second kappa shape index (κ2) is 10.9. The predicted molar refractivity (Wildman–Crippen MR) is 200 cm³/mol. The normalized spacial score (nSPS) is 14.4. The van der Waals surface area contributed by atoms with E-state index in [0.717, 1.165) is 52.0 Å². The van der Waals surface area contributed by atoms with Crippen LogP contribution >= 0.6 is 0 Å². The quantitative estimate of drug-likeness (QED) is 0.185. The lowest BCUT2D eigenvalue weighted by Gasteiger charge is -2.40. The summed E-state index contributed by atoms with van der Waals surface area (Å²) in [5.74, 6) is 1.79. The summed E-state index contributed by atoms with van der Waals surface area (Å²) in [5.41, 5.74) is 12.7. The smallest absolute Gasteiger partial charge is 0.256 e. The van der Waals surface area contributed by atoms with Crippen molar-refractivity contribution < 1.29 is 4.74 Å². The van der Waals surface area contributed by atoms with E-state index in [1.165, 1.54) is 27.9 Å². The van der Waals surface area contributed by atoms with Gasteiger partial charge in [0.2, 0.25) is 0 Å². The van der Waals surface area contributed by atoms with Gasteiger partial charge in [0.1, 0.15) is 11.5 Å². The van der Waals surface area contributed by atoms with Crippen LogP contribution in [0.1, 0.15) is 26.3 Å². The molecule has 0 saturated heterocycles. The molecule has 0 saturated carbocycles. The molecule has 4 heterocycles. The van der Waals surface area contributed by atoms with Gasteiger partial charge < -0.3 is 19.4 Å². The van der Waals surface area contributed by atoms with Crippen molar-refractivity contribution in [1.29, 1.82) is 0 Å². The van der Waals surface area contributed by atoms with E-state index >= 15 is 0 Å². The molecule has 3 aliphatic rings. The van der Waals surface area contributed by atoms with Crippen LogP contribution in [-0.2, 0) is 5.41 Å². The Morgan fingerprint density at radius 2 is 1.38 bits per heavy atom. The molecule has 0 unspecified atom stereocenters. The number of rotatable bonds is 4. The average Bonchev–Trinajstić information content (AvgIpc) is 3.62. The van der Waals surface area contributed by atoms with E-state index in [0.29, 0.717) is 0 Å². The van der Waals surface area contributed by atoms with Crippen LogP contribution in [0, 0.1) is 0 Å². The minimum atomic E-state index is -0.0163. The molecule has 5 nitrogen and oxygen atoms in total. The number of ether oxygens (including phenoxy) is 1. The molecular formula is C42H35BN4O. The van der Waals surface area contributed by atoms with Gasteiger partial charge in [-0.15, -0.1) is 0 Å². The number of hydrogen-bond donors (Lipinski definition) is 0. The number of benzene rings is 5. The highest BCUT2D eigenvalue weighted by Crippen LogP contribution is 2.41. The van der Waals surface area contributed by atoms with E-state index in [1.807, 2.05) is 6.20 Å². The Morgan fingerprint density at radius 3 is 2.15 bits per heavy atom. The Hall–Kier alpha value is -5.75. The number of pyridine rings is 1. The molecule has 0 bridgehead atoms. The highest BCUT2D eigenvalue weighted by Gasteiger charge is 2.42. The van der Waals surface area contributed by atoms with Crippen LogP contribution in [0.15, 0.2) is 146 Å². The molecule has 48 heavy (non-hydrogen) atoms. The van der Waals surface area contributed by atoms with E-state index in [4.69, 9.17) is 9.72 Å². The van der Waals surface area contributed by atoms with Gasteiger partial charge in [-0.05, 0) is 112 Å². The molecule has 6 heteroatoms. The molecule has 0 spiro atoms. The van der Waals surface area contributed by atoms with Gasteiger partial charge in [0.05, 0.1) is 12.4 Å². The molecule has 6 aromatic rings. The minimum Gasteiger partial charge on any atom is -0.458 e. The number of nitrogens with zero attached hydrogens (tertiary/aromatic N) is 4. The maximum atomic E-state index is 6.71. The molecule has 0 fully saturated rings. The zero-order chi connectivity index (χ0) is 32.4. The summed E-state index contributed by atoms with van der Waals surface area (Å²) in [5, 5.41) is 0. The fraction of sp³-hybridized carbons (Fsp3) is 0.119. The fourth-order valence-corrected chi connectivity index (χ4v) is 7.30. The summed E-state index contributed by atoms with van der Waals surface area (Å²) < 4.78 is 6.71. The summed E-state index contributed by atoms with van der Waals surface area (Å²) in [6, 6.07) is 45.5. The maximum Gasteiger partial charge on any atom is 0.256 e. The van der Waals surface area contributed by atoms with E-state index < -0.39 is 0 Å². The van der Waals surface area contributed by atoms with Gasteiger partial charge in [0.15, 0.2) is 0 Å². The summed E-state index contributed by atoms with van der Waals surface area (Å²) >= 11 is 0. The zero-order valence-electron chi connectivity index (χ0n) is 27.3. The average molecular weight is 623 g/mol. The molecule has 0 amide bonds. The van der Waals surface area contributed by atoms with E-state index in [-0.39, 0.29) is 12.1 Å². The molecule has 0 radical (unpaired) electrons. The number of fused-ring (bicyclic) bond motifs is 4. The van der Waals surface area contributed by atoms with Crippen molar-refractivity contribution in [3.05, 3.63) is 152 Å². The first kappa shape index (κ1) is 28.5. The van der Waals surface area contributed by atoms with E-state index in [2.05, 4.69) is 175 Å². The Balaban J connectivity index is 1.21. The lowest BCUT2D eigenvalue weighted by molar-refractivity contribution is 0.487. The van der Waals surface area contributed by atoms with Crippen molar-refractivity contribution in [2.45, 2.75) is 26.2 Å². The van der Waals surface area contributed by atoms with Crippen molar-refractivity contribution >= 4 is 51.5 Å². The number of aromatic nitrogens is 1. The Labute approximate surface area is 282 Å². The molecular weight excluding hydrogens is 587 g/mol. The Morgan fingerprint density at radius 1 is 0.625 bits per heavy atom. The summed E-state index contributed by atoms with van der Waals surface area (Å²) in [7, 11) is 0. The standard InChI is InChI=1S/C42H35BN4O/c1-42(2,3)30-21-22-44-36(26-30)29-17-20-39-35(25-29)43-34-27-33(46-24-23-45(28-46)31-11-6-4-7-12-31)18-19-37(34)47(32-13-8-5-9-14-32)38-15-10-16-40(48-39)41(38)43/h4-27H,28H2,1-3H3. The predicted octanol–water partition coefficient (Wildman–Crippen LogP) is 8.21. The van der Waals surface area contributed by atoms with Crippen molar-refractivity contribution in [2.75, 3.05) is 21.4 Å². The molecule has 5 aromatic carbocycles. The summed E-state index contributed by atoms with van der Waals surface area (Å²) in [6.45, 7) is 7.47. The largest absolute Gasteiger partial charge is 0.458 e. The van der Waals surface area contributed by atoms with Gasteiger partial charge in [-0.1, -0.05) is 69.3 Å². The van der Waals surface area contributed by atoms with Crippen LogP contribution in [0.5, 0.6) is 11.5 Å². The van der Waals surface area contributed by atoms with Gasteiger partial charge in [-0.3, -0.25) is 4.98 Å². The van der Waals surface area contributed by atoms with Crippen LogP contribution in [0.3, 0.4) is 0 Å². The van der Waals surface area contributed by atoms with E-state index in [9.17, 15) is 0 Å². The van der Waals surface area contributed by atoms with Crippen molar-refractivity contribution in [1.82, 2.24) is 4.98 Å². The van der Waals surface area contributed by atoms with E-state index in [1.54, 1.807) is 0 Å². The zero-order valence-corrected chi connectivity index (χ0v) is 27.3. The van der Waals surface area contributed by atoms with Crippen LogP contribution in [0.4, 0.5) is 28.4 Å². The number of anilines is 5. The molecule has 3 aliphatic heterocycles. The monoisotopic (exact) mass is 622 g/mol. The second-order valence-electron chi connectivity index (χ2n) is 13.8. The third kappa shape index (κ3) is 4.67. The topological polar surface area (TPSA) is 31.8 Å². The molecule has 9 rings (SSSR count). The molecule has 232 valence electrons. The first-order valence-electron chi connectivity index (χ1n) is 16.6. The molecule has 0 atom stereocenters. The lowest BCUT2D eigenvalue weighted by atomic mass is 9.34. The van der Waals surface area contributed by atoms with Gasteiger partial charge in [0.25, 0.3) is 6.71 Å². The highest BCUT2D eigenvalue weighted by atomic mass is 16.5. The van der Waals surface area contributed by atoms with Gasteiger partial charge >= 0.3 is 0 Å². The highest BCUT2D eigenvalue weighted by molar-refractivity contribution is 6.99. The SMILES string of the molecule is CC(C)(C)c1ccnc(-c2ccc3c(c2)B2c4cc(N5C=CN(c6ccccc6)C5)ccc4N(c4ccccc4)c4cccc(c42)O3)c1. The van der Waals surface area contributed by atoms with Crippen molar-refractivity contribution in [3.8, 4) is 22.8 Å². The Bertz CT molecular complexity index is 2210. The van der Waals surface area contributed by atoms with Crippen LogP contribution < -0.4 is 35.8 Å².